The Hall–Kier alpha value is -2.86. The van der Waals surface area contributed by atoms with Crippen molar-refractivity contribution in [2.75, 3.05) is 7.05 Å². The number of benzene rings is 1. The summed E-state index contributed by atoms with van der Waals surface area (Å²) in [5.74, 6) is -0.566. The Balaban J connectivity index is 1.97. The van der Waals surface area contributed by atoms with Gasteiger partial charge in [-0.15, -0.1) is 0 Å². The smallest absolute Gasteiger partial charge is 0.336 e. The maximum atomic E-state index is 11.8. The van der Waals surface area contributed by atoms with Gasteiger partial charge in [0.1, 0.15) is 5.58 Å². The molecule has 0 amide bonds. The Kier molecular flexibility index (Phi) is 4.22. The third-order valence-electron chi connectivity index (χ3n) is 4.19. The lowest BCUT2D eigenvalue weighted by molar-refractivity contribution is 0.253. The summed E-state index contributed by atoms with van der Waals surface area (Å²) in [6.45, 7) is 2.54. The number of aromatic hydroxyl groups is 2. The molecular weight excluding hydrogens is 308 g/mol. The molecule has 6 heteroatoms. The van der Waals surface area contributed by atoms with Crippen LogP contribution < -0.4 is 5.63 Å². The van der Waals surface area contributed by atoms with Crippen molar-refractivity contribution < 1.29 is 14.6 Å². The zero-order valence-electron chi connectivity index (χ0n) is 13.4. The topological polar surface area (TPSA) is 86.8 Å². The summed E-state index contributed by atoms with van der Waals surface area (Å²) in [6.07, 6.45) is 3.49. The van der Waals surface area contributed by atoms with Gasteiger partial charge in [-0.25, -0.2) is 4.79 Å². The summed E-state index contributed by atoms with van der Waals surface area (Å²) in [6, 6.07) is 8.08. The minimum atomic E-state index is -0.493. The minimum Gasteiger partial charge on any atom is -0.504 e. The standard InChI is InChI=1S/C18H18N2O4/c1-11(12-3-5-19-6-4-12)20(2)10-13-7-18(23)24-17-9-16(22)15(21)8-14(13)17/h3-9,11,21-22H,10H2,1-2H3/t11-/m0/s1. The lowest BCUT2D eigenvalue weighted by Crippen LogP contribution is -2.22. The van der Waals surface area contributed by atoms with Crippen LogP contribution in [0.25, 0.3) is 11.0 Å². The van der Waals surface area contributed by atoms with Gasteiger partial charge in [0.15, 0.2) is 11.5 Å². The largest absolute Gasteiger partial charge is 0.504 e. The van der Waals surface area contributed by atoms with Gasteiger partial charge in [0.2, 0.25) is 0 Å². The fraction of sp³-hybridized carbons (Fsp3) is 0.222. The highest BCUT2D eigenvalue weighted by Crippen LogP contribution is 2.32. The van der Waals surface area contributed by atoms with E-state index in [1.807, 2.05) is 19.2 Å². The normalized spacial score (nSPS) is 12.6. The van der Waals surface area contributed by atoms with E-state index in [1.54, 1.807) is 12.4 Å². The summed E-state index contributed by atoms with van der Waals surface area (Å²) >= 11 is 0. The molecule has 0 spiro atoms. The average molecular weight is 326 g/mol. The molecule has 0 aliphatic carbocycles. The Morgan fingerprint density at radius 1 is 1.17 bits per heavy atom. The Bertz CT molecular complexity index is 921. The summed E-state index contributed by atoms with van der Waals surface area (Å²) in [4.78, 5) is 17.9. The molecule has 124 valence electrons. The quantitative estimate of drug-likeness (QED) is 0.566. The fourth-order valence-electron chi connectivity index (χ4n) is 2.68. The monoisotopic (exact) mass is 326 g/mol. The molecular formula is C18H18N2O4. The van der Waals surface area contributed by atoms with Crippen LogP contribution in [0.5, 0.6) is 11.5 Å². The molecule has 0 radical (unpaired) electrons. The molecule has 0 aliphatic heterocycles. The predicted molar refractivity (Wildman–Crippen MR) is 89.9 cm³/mol. The maximum Gasteiger partial charge on any atom is 0.336 e. The van der Waals surface area contributed by atoms with Crippen LogP contribution in [0.15, 0.2) is 51.9 Å². The van der Waals surface area contributed by atoms with Crippen molar-refractivity contribution in [3.05, 3.63) is 64.3 Å². The fourth-order valence-corrected chi connectivity index (χ4v) is 2.68. The molecule has 3 rings (SSSR count). The second-order valence-corrected chi connectivity index (χ2v) is 5.80. The number of hydrogen-bond donors (Lipinski definition) is 2. The summed E-state index contributed by atoms with van der Waals surface area (Å²) in [5.41, 5.74) is 1.59. The van der Waals surface area contributed by atoms with Crippen LogP contribution in [0.3, 0.4) is 0 Å². The van der Waals surface area contributed by atoms with E-state index < -0.39 is 5.63 Å². The molecule has 0 aliphatic rings. The molecule has 2 N–H and O–H groups in total. The molecule has 3 aromatic rings. The maximum absolute atomic E-state index is 11.8. The van der Waals surface area contributed by atoms with Gasteiger partial charge in [0.05, 0.1) is 0 Å². The lowest BCUT2D eigenvalue weighted by atomic mass is 10.1. The zero-order chi connectivity index (χ0) is 17.3. The molecule has 0 unspecified atom stereocenters. The number of nitrogens with zero attached hydrogens (tertiary/aromatic N) is 2. The van der Waals surface area contributed by atoms with Gasteiger partial charge >= 0.3 is 5.63 Å². The molecule has 2 heterocycles. The van der Waals surface area contributed by atoms with Gasteiger partial charge in [0, 0.05) is 42.5 Å². The van der Waals surface area contributed by atoms with Crippen LogP contribution in [0.4, 0.5) is 0 Å². The van der Waals surface area contributed by atoms with Crippen molar-refractivity contribution in [1.82, 2.24) is 9.88 Å². The number of aromatic nitrogens is 1. The van der Waals surface area contributed by atoms with Gasteiger partial charge in [-0.05, 0) is 43.3 Å². The van der Waals surface area contributed by atoms with Crippen molar-refractivity contribution in [3.63, 3.8) is 0 Å². The van der Waals surface area contributed by atoms with E-state index in [4.69, 9.17) is 4.42 Å². The Morgan fingerprint density at radius 2 is 1.83 bits per heavy atom. The number of hydrogen-bond acceptors (Lipinski definition) is 6. The molecule has 2 aromatic heterocycles. The second-order valence-electron chi connectivity index (χ2n) is 5.80. The van der Waals surface area contributed by atoms with E-state index in [9.17, 15) is 15.0 Å². The zero-order valence-corrected chi connectivity index (χ0v) is 13.4. The summed E-state index contributed by atoms with van der Waals surface area (Å²) in [5, 5.41) is 19.9. The first kappa shape index (κ1) is 16.0. The summed E-state index contributed by atoms with van der Waals surface area (Å²) in [7, 11) is 1.95. The van der Waals surface area contributed by atoms with E-state index in [0.717, 1.165) is 11.1 Å². The van der Waals surface area contributed by atoms with Gasteiger partial charge in [0.25, 0.3) is 0 Å². The third-order valence-corrected chi connectivity index (χ3v) is 4.19. The highest BCUT2D eigenvalue weighted by Gasteiger charge is 2.16. The molecule has 1 atom stereocenters. The van der Waals surface area contributed by atoms with Gasteiger partial charge in [-0.2, -0.15) is 0 Å². The van der Waals surface area contributed by atoms with Gasteiger partial charge in [-0.1, -0.05) is 0 Å². The Labute approximate surface area is 138 Å². The number of fused-ring (bicyclic) bond motifs is 1. The molecule has 0 bridgehead atoms. The van der Waals surface area contributed by atoms with Crippen molar-refractivity contribution in [1.29, 1.82) is 0 Å². The van der Waals surface area contributed by atoms with Crippen LogP contribution in [0.1, 0.15) is 24.1 Å². The van der Waals surface area contributed by atoms with Crippen molar-refractivity contribution in [3.8, 4) is 11.5 Å². The Morgan fingerprint density at radius 3 is 2.54 bits per heavy atom. The molecule has 1 aromatic carbocycles. The highest BCUT2D eigenvalue weighted by atomic mass is 16.4. The van der Waals surface area contributed by atoms with E-state index in [0.29, 0.717) is 11.9 Å². The first-order valence-corrected chi connectivity index (χ1v) is 7.54. The summed E-state index contributed by atoms with van der Waals surface area (Å²) < 4.78 is 5.11. The van der Waals surface area contributed by atoms with Crippen molar-refractivity contribution >= 4 is 11.0 Å². The first-order chi connectivity index (χ1) is 11.5. The van der Waals surface area contributed by atoms with E-state index in [2.05, 4.69) is 16.8 Å². The first-order valence-electron chi connectivity index (χ1n) is 7.54. The molecule has 24 heavy (non-hydrogen) atoms. The van der Waals surface area contributed by atoms with Crippen molar-refractivity contribution in [2.45, 2.75) is 19.5 Å². The molecule has 0 saturated heterocycles. The van der Waals surface area contributed by atoms with E-state index >= 15 is 0 Å². The average Bonchev–Trinajstić information content (AvgIpc) is 2.56. The molecule has 0 fully saturated rings. The SMILES string of the molecule is C[C@@H](c1ccncc1)N(C)Cc1cc(=O)oc2cc(O)c(O)cc12. The van der Waals surface area contributed by atoms with Crippen LogP contribution in [0.2, 0.25) is 0 Å². The van der Waals surface area contributed by atoms with Gasteiger partial charge < -0.3 is 14.6 Å². The molecule has 6 nitrogen and oxygen atoms in total. The van der Waals surface area contributed by atoms with Crippen LogP contribution in [-0.4, -0.2) is 27.1 Å². The van der Waals surface area contributed by atoms with Crippen molar-refractivity contribution in [2.24, 2.45) is 0 Å². The number of phenolic OH excluding ortho intramolecular Hbond substituents is 2. The second kappa shape index (κ2) is 6.33. The number of phenols is 2. The lowest BCUT2D eigenvalue weighted by Gasteiger charge is -2.25. The highest BCUT2D eigenvalue weighted by molar-refractivity contribution is 5.83. The predicted octanol–water partition coefficient (Wildman–Crippen LogP) is 2.79. The third kappa shape index (κ3) is 3.09. The van der Waals surface area contributed by atoms with Crippen LogP contribution in [0, 0.1) is 0 Å². The molecule has 0 saturated carbocycles. The van der Waals surface area contributed by atoms with Crippen LogP contribution in [-0.2, 0) is 6.54 Å². The minimum absolute atomic E-state index is 0.112. The van der Waals surface area contributed by atoms with E-state index in [-0.39, 0.29) is 23.1 Å². The number of pyridine rings is 1. The van der Waals surface area contributed by atoms with Crippen LogP contribution >= 0.6 is 0 Å². The van der Waals surface area contributed by atoms with E-state index in [1.165, 1.54) is 18.2 Å². The number of rotatable bonds is 4. The van der Waals surface area contributed by atoms with Gasteiger partial charge in [-0.3, -0.25) is 9.88 Å².